The molecule has 0 unspecified atom stereocenters. The SMILES string of the molecule is Brc1ncc(-c2ccccc2Br)o1. The summed E-state index contributed by atoms with van der Waals surface area (Å²) in [6.45, 7) is 0. The first-order chi connectivity index (χ1) is 6.27. The predicted octanol–water partition coefficient (Wildman–Crippen LogP) is 3.87. The zero-order chi connectivity index (χ0) is 9.26. The maximum atomic E-state index is 5.33. The summed E-state index contributed by atoms with van der Waals surface area (Å²) < 4.78 is 6.32. The van der Waals surface area contributed by atoms with Gasteiger partial charge in [-0.2, -0.15) is 0 Å². The van der Waals surface area contributed by atoms with Crippen LogP contribution >= 0.6 is 31.9 Å². The molecule has 2 aromatic rings. The molecule has 0 aliphatic heterocycles. The first-order valence-electron chi connectivity index (χ1n) is 3.63. The molecule has 0 fully saturated rings. The maximum absolute atomic E-state index is 5.33. The molecule has 0 bridgehead atoms. The number of hydrogen-bond acceptors (Lipinski definition) is 2. The monoisotopic (exact) mass is 301 g/mol. The molecule has 1 aromatic heterocycles. The fourth-order valence-electron chi connectivity index (χ4n) is 1.04. The minimum absolute atomic E-state index is 0.498. The fraction of sp³-hybridized carbons (Fsp3) is 0. The smallest absolute Gasteiger partial charge is 0.264 e. The molecular formula is C9H5Br2NO. The fourth-order valence-corrected chi connectivity index (χ4v) is 1.80. The number of benzene rings is 1. The number of hydrogen-bond donors (Lipinski definition) is 0. The summed E-state index contributed by atoms with van der Waals surface area (Å²) in [7, 11) is 0. The summed E-state index contributed by atoms with van der Waals surface area (Å²) in [4.78, 5) is 4.46. The van der Waals surface area contributed by atoms with Crippen LogP contribution in [0.5, 0.6) is 0 Å². The lowest BCUT2D eigenvalue weighted by Gasteiger charge is -1.97. The minimum Gasteiger partial charge on any atom is -0.431 e. The van der Waals surface area contributed by atoms with E-state index in [0.717, 1.165) is 15.8 Å². The van der Waals surface area contributed by atoms with Crippen molar-refractivity contribution in [1.82, 2.24) is 4.98 Å². The topological polar surface area (TPSA) is 26.0 Å². The highest BCUT2D eigenvalue weighted by Gasteiger charge is 2.06. The lowest BCUT2D eigenvalue weighted by molar-refractivity contribution is 0.542. The van der Waals surface area contributed by atoms with Crippen molar-refractivity contribution in [3.63, 3.8) is 0 Å². The van der Waals surface area contributed by atoms with E-state index in [4.69, 9.17) is 4.42 Å². The second-order valence-corrected chi connectivity index (χ2v) is 3.99. The second kappa shape index (κ2) is 3.64. The third-order valence-corrected chi connectivity index (χ3v) is 2.67. The van der Waals surface area contributed by atoms with Gasteiger partial charge in [-0.25, -0.2) is 4.98 Å². The van der Waals surface area contributed by atoms with E-state index in [1.54, 1.807) is 6.20 Å². The molecule has 0 spiro atoms. The Morgan fingerprint density at radius 2 is 1.92 bits per heavy atom. The van der Waals surface area contributed by atoms with Crippen LogP contribution < -0.4 is 0 Å². The van der Waals surface area contributed by atoms with E-state index in [1.165, 1.54) is 0 Å². The largest absolute Gasteiger partial charge is 0.431 e. The molecule has 2 rings (SSSR count). The highest BCUT2D eigenvalue weighted by Crippen LogP contribution is 2.29. The highest BCUT2D eigenvalue weighted by molar-refractivity contribution is 9.10. The van der Waals surface area contributed by atoms with Gasteiger partial charge < -0.3 is 4.42 Å². The van der Waals surface area contributed by atoms with E-state index in [2.05, 4.69) is 36.8 Å². The van der Waals surface area contributed by atoms with Crippen LogP contribution in [0, 0.1) is 0 Å². The lowest BCUT2D eigenvalue weighted by Crippen LogP contribution is -1.74. The summed E-state index contributed by atoms with van der Waals surface area (Å²) in [5, 5.41) is 0. The molecule has 1 aromatic carbocycles. The first kappa shape index (κ1) is 8.97. The molecule has 0 aliphatic rings. The molecule has 1 heterocycles. The average molecular weight is 303 g/mol. The van der Waals surface area contributed by atoms with E-state index < -0.39 is 0 Å². The van der Waals surface area contributed by atoms with Crippen molar-refractivity contribution in [2.24, 2.45) is 0 Å². The van der Waals surface area contributed by atoms with Crippen molar-refractivity contribution in [2.75, 3.05) is 0 Å². The van der Waals surface area contributed by atoms with Crippen LogP contribution in [0.2, 0.25) is 0 Å². The molecule has 13 heavy (non-hydrogen) atoms. The second-order valence-electron chi connectivity index (χ2n) is 2.46. The van der Waals surface area contributed by atoms with Crippen LogP contribution in [-0.4, -0.2) is 4.98 Å². The number of oxazole rings is 1. The van der Waals surface area contributed by atoms with Crippen LogP contribution in [0.4, 0.5) is 0 Å². The van der Waals surface area contributed by atoms with Gasteiger partial charge in [0.25, 0.3) is 4.80 Å². The standard InChI is InChI=1S/C9H5Br2NO/c10-7-4-2-1-3-6(7)8-5-12-9(11)13-8/h1-5H. The Labute approximate surface area is 92.2 Å². The van der Waals surface area contributed by atoms with Crippen LogP contribution in [0.3, 0.4) is 0 Å². The third-order valence-electron chi connectivity index (χ3n) is 1.62. The van der Waals surface area contributed by atoms with Crippen LogP contribution in [0.15, 0.2) is 44.2 Å². The van der Waals surface area contributed by atoms with E-state index in [1.807, 2.05) is 24.3 Å². The first-order valence-corrected chi connectivity index (χ1v) is 5.22. The zero-order valence-electron chi connectivity index (χ0n) is 6.50. The predicted molar refractivity (Wildman–Crippen MR) is 57.3 cm³/mol. The molecule has 0 aliphatic carbocycles. The van der Waals surface area contributed by atoms with Crippen molar-refractivity contribution < 1.29 is 4.42 Å². The van der Waals surface area contributed by atoms with Gasteiger partial charge in [0.2, 0.25) is 0 Å². The number of aromatic nitrogens is 1. The van der Waals surface area contributed by atoms with Crippen molar-refractivity contribution in [3.05, 3.63) is 39.7 Å². The Bertz CT molecular complexity index is 425. The Morgan fingerprint density at radius 1 is 1.15 bits per heavy atom. The van der Waals surface area contributed by atoms with Crippen LogP contribution in [0.1, 0.15) is 0 Å². The molecular weight excluding hydrogens is 298 g/mol. The maximum Gasteiger partial charge on any atom is 0.264 e. The van der Waals surface area contributed by atoms with Crippen molar-refractivity contribution in [3.8, 4) is 11.3 Å². The average Bonchev–Trinajstić information content (AvgIpc) is 2.53. The third kappa shape index (κ3) is 1.84. The molecule has 2 nitrogen and oxygen atoms in total. The van der Waals surface area contributed by atoms with Gasteiger partial charge in [-0.3, -0.25) is 0 Å². The highest BCUT2D eigenvalue weighted by atomic mass is 79.9. The van der Waals surface area contributed by atoms with Gasteiger partial charge in [0.05, 0.1) is 6.20 Å². The van der Waals surface area contributed by atoms with Crippen molar-refractivity contribution in [2.45, 2.75) is 0 Å². The molecule has 0 saturated heterocycles. The van der Waals surface area contributed by atoms with E-state index in [9.17, 15) is 0 Å². The van der Waals surface area contributed by atoms with Gasteiger partial charge in [0.1, 0.15) is 0 Å². The van der Waals surface area contributed by atoms with Gasteiger partial charge in [-0.15, -0.1) is 0 Å². The zero-order valence-corrected chi connectivity index (χ0v) is 9.67. The van der Waals surface area contributed by atoms with Gasteiger partial charge in [0.15, 0.2) is 5.76 Å². The Kier molecular flexibility index (Phi) is 2.51. The number of halogens is 2. The molecule has 66 valence electrons. The molecule has 0 atom stereocenters. The summed E-state index contributed by atoms with van der Waals surface area (Å²) in [6, 6.07) is 7.85. The van der Waals surface area contributed by atoms with Crippen LogP contribution in [-0.2, 0) is 0 Å². The van der Waals surface area contributed by atoms with Gasteiger partial charge in [0, 0.05) is 26.0 Å². The molecule has 0 radical (unpaired) electrons. The van der Waals surface area contributed by atoms with E-state index in [0.29, 0.717) is 4.80 Å². The number of rotatable bonds is 1. The number of nitrogens with zero attached hydrogens (tertiary/aromatic N) is 1. The normalized spacial score (nSPS) is 10.3. The van der Waals surface area contributed by atoms with E-state index in [-0.39, 0.29) is 0 Å². The van der Waals surface area contributed by atoms with Gasteiger partial charge >= 0.3 is 0 Å². The quantitative estimate of drug-likeness (QED) is 0.799. The molecule has 4 heteroatoms. The van der Waals surface area contributed by atoms with Crippen LogP contribution in [0.25, 0.3) is 11.3 Å². The van der Waals surface area contributed by atoms with E-state index >= 15 is 0 Å². The van der Waals surface area contributed by atoms with Crippen molar-refractivity contribution in [1.29, 1.82) is 0 Å². The summed E-state index contributed by atoms with van der Waals surface area (Å²) in [5.74, 6) is 0.749. The minimum atomic E-state index is 0.498. The summed E-state index contributed by atoms with van der Waals surface area (Å²) >= 11 is 6.60. The molecule has 0 amide bonds. The van der Waals surface area contributed by atoms with Gasteiger partial charge in [-0.1, -0.05) is 34.1 Å². The Hall–Kier alpha value is -0.610. The summed E-state index contributed by atoms with van der Waals surface area (Å²) in [6.07, 6.45) is 1.68. The summed E-state index contributed by atoms with van der Waals surface area (Å²) in [5.41, 5.74) is 1.00. The Morgan fingerprint density at radius 3 is 2.54 bits per heavy atom. The lowest BCUT2D eigenvalue weighted by atomic mass is 10.2. The Balaban J connectivity index is 2.52. The molecule has 0 saturated carbocycles. The molecule has 0 N–H and O–H groups in total. The van der Waals surface area contributed by atoms with Crippen molar-refractivity contribution >= 4 is 31.9 Å². The van der Waals surface area contributed by atoms with Gasteiger partial charge in [-0.05, 0) is 6.07 Å².